The van der Waals surface area contributed by atoms with Gasteiger partial charge in [0.2, 0.25) is 5.88 Å². The average molecular weight is 724 g/mol. The van der Waals surface area contributed by atoms with E-state index >= 15 is 0 Å². The van der Waals surface area contributed by atoms with Crippen molar-refractivity contribution in [1.82, 2.24) is 15.2 Å². The number of alkyl halides is 4. The molecule has 3 aliphatic heterocycles. The molecule has 3 atom stereocenters. The maximum absolute atomic E-state index is 14.1. The fraction of sp³-hybridized carbons (Fsp3) is 0.588. The van der Waals surface area contributed by atoms with Crippen LogP contribution in [0.5, 0.6) is 0 Å². The fourth-order valence-corrected chi connectivity index (χ4v) is 6.24. The van der Waals surface area contributed by atoms with Gasteiger partial charge in [-0.2, -0.15) is 13.2 Å². The minimum atomic E-state index is -4.57. The van der Waals surface area contributed by atoms with E-state index in [-0.39, 0.29) is 47.2 Å². The quantitative estimate of drug-likeness (QED) is 0.236. The van der Waals surface area contributed by atoms with E-state index in [9.17, 15) is 31.9 Å². The van der Waals surface area contributed by atoms with E-state index in [4.69, 9.17) is 13.9 Å². The van der Waals surface area contributed by atoms with E-state index in [1.54, 1.807) is 47.6 Å². The summed E-state index contributed by atoms with van der Waals surface area (Å²) in [6.07, 6.45) is -2.68. The smallest absolute Gasteiger partial charge is 0.414 e. The first kappa shape index (κ1) is 37.7. The predicted molar refractivity (Wildman–Crippen MR) is 183 cm³/mol. The molecule has 0 aliphatic carbocycles. The summed E-state index contributed by atoms with van der Waals surface area (Å²) in [5.41, 5.74) is -0.341. The lowest BCUT2D eigenvalue weighted by atomic mass is 9.93. The van der Waals surface area contributed by atoms with Crippen molar-refractivity contribution >= 4 is 47.1 Å². The summed E-state index contributed by atoms with van der Waals surface area (Å²) in [7, 11) is 0. The molecular formula is C34H45F4N7O6. The van der Waals surface area contributed by atoms with E-state index < -0.39 is 60.1 Å². The third-order valence-electron chi connectivity index (χ3n) is 8.27. The van der Waals surface area contributed by atoms with Crippen LogP contribution < -0.4 is 26.2 Å². The van der Waals surface area contributed by atoms with Crippen LogP contribution in [0.15, 0.2) is 28.5 Å². The van der Waals surface area contributed by atoms with Crippen molar-refractivity contribution in [3.05, 3.63) is 35.4 Å². The fourth-order valence-electron chi connectivity index (χ4n) is 6.24. The average Bonchev–Trinajstić information content (AvgIpc) is 3.56. The maximum Gasteiger partial charge on any atom is 0.414 e. The van der Waals surface area contributed by atoms with Gasteiger partial charge in [-0.1, -0.05) is 0 Å². The number of carbonyl (C=O) groups is 3. The van der Waals surface area contributed by atoms with Gasteiger partial charge in [0.1, 0.15) is 22.9 Å². The molecule has 0 bridgehead atoms. The second kappa shape index (κ2) is 14.6. The SMILES string of the molecule is CC(C)(C)OC(=O)Nc1oc2c(c1C(=O)Nc1cnccc1N1C[C@@H](NC(=O)OC(C)(C)C)C[C@@H](C(F)(F)F)C1)NCC(CN1CC[C@H](F)C1)=C2. The first-order valence-corrected chi connectivity index (χ1v) is 16.8. The predicted octanol–water partition coefficient (Wildman–Crippen LogP) is 6.41. The van der Waals surface area contributed by atoms with Gasteiger partial charge in [-0.05, 0) is 72.1 Å². The van der Waals surface area contributed by atoms with Gasteiger partial charge in [-0.3, -0.25) is 20.0 Å². The lowest BCUT2D eigenvalue weighted by molar-refractivity contribution is -0.177. The molecule has 51 heavy (non-hydrogen) atoms. The number of furan rings is 1. The van der Waals surface area contributed by atoms with Crippen molar-refractivity contribution < 1.29 is 45.8 Å². The highest BCUT2D eigenvalue weighted by Crippen LogP contribution is 2.40. The molecule has 4 N–H and O–H groups in total. The number of piperidine rings is 1. The van der Waals surface area contributed by atoms with E-state index in [0.29, 0.717) is 32.6 Å². The van der Waals surface area contributed by atoms with E-state index in [1.165, 1.54) is 23.4 Å². The Labute approximate surface area is 293 Å². The normalized spacial score (nSPS) is 21.3. The molecule has 13 nitrogen and oxygen atoms in total. The van der Waals surface area contributed by atoms with Crippen molar-refractivity contribution in [2.24, 2.45) is 5.92 Å². The molecule has 5 heterocycles. The highest BCUT2D eigenvalue weighted by Gasteiger charge is 2.45. The van der Waals surface area contributed by atoms with Crippen LogP contribution in [0, 0.1) is 5.92 Å². The maximum atomic E-state index is 14.1. The molecule has 5 rings (SSSR count). The van der Waals surface area contributed by atoms with Gasteiger partial charge in [-0.15, -0.1) is 0 Å². The third kappa shape index (κ3) is 10.0. The highest BCUT2D eigenvalue weighted by molar-refractivity contribution is 6.14. The van der Waals surface area contributed by atoms with Gasteiger partial charge in [-0.25, -0.2) is 14.0 Å². The Morgan fingerprint density at radius 3 is 2.37 bits per heavy atom. The molecule has 280 valence electrons. The first-order chi connectivity index (χ1) is 23.7. The molecule has 17 heteroatoms. The molecular weight excluding hydrogens is 678 g/mol. The number of aromatic nitrogens is 1. The molecule has 0 spiro atoms. The standard InChI is InChI=1S/C34H45F4N7O6/c1-32(2,3)50-30(47)41-22-12-20(34(36,37)38)16-45(18-22)24-7-9-39-14-23(24)42-28(46)26-27-25(49-29(26)43-31(48)51-33(4,5)6)11-19(13-40-27)15-44-10-8-21(35)17-44/h7,9,11,14,20-22,40H,8,10,12-13,15-18H2,1-6H3,(H,41,47)(H,42,46)(H,43,48)/t20-,21+,22+/m1/s1. The Balaban J connectivity index is 1.43. The third-order valence-corrected chi connectivity index (χ3v) is 8.27. The van der Waals surface area contributed by atoms with Gasteiger partial charge in [0.25, 0.3) is 5.91 Å². The van der Waals surface area contributed by atoms with Crippen molar-refractivity contribution in [2.45, 2.75) is 84.0 Å². The molecule has 2 aromatic heterocycles. The Morgan fingerprint density at radius 2 is 1.73 bits per heavy atom. The van der Waals surface area contributed by atoms with Crippen LogP contribution in [0.25, 0.3) is 6.08 Å². The van der Waals surface area contributed by atoms with Crippen LogP contribution in [0.4, 0.5) is 50.1 Å². The molecule has 0 saturated carbocycles. The highest BCUT2D eigenvalue weighted by atomic mass is 19.4. The van der Waals surface area contributed by atoms with E-state index in [0.717, 1.165) is 5.57 Å². The number of halogens is 4. The van der Waals surface area contributed by atoms with Crippen LogP contribution >= 0.6 is 0 Å². The number of amides is 3. The summed E-state index contributed by atoms with van der Waals surface area (Å²) >= 11 is 0. The molecule has 0 radical (unpaired) electrons. The Morgan fingerprint density at radius 1 is 1.02 bits per heavy atom. The lowest BCUT2D eigenvalue weighted by Crippen LogP contribution is -2.54. The number of likely N-dealkylation sites (tertiary alicyclic amines) is 1. The number of ether oxygens (including phenoxy) is 2. The Bertz CT molecular complexity index is 1650. The molecule has 3 aliphatic rings. The lowest BCUT2D eigenvalue weighted by Gasteiger charge is -2.40. The van der Waals surface area contributed by atoms with Crippen LogP contribution in [-0.4, -0.2) is 96.8 Å². The summed E-state index contributed by atoms with van der Waals surface area (Å²) in [5.74, 6) is -2.52. The van der Waals surface area contributed by atoms with Crippen LogP contribution in [0.2, 0.25) is 0 Å². The van der Waals surface area contributed by atoms with Gasteiger partial charge >= 0.3 is 18.4 Å². The topological polar surface area (TPSA) is 150 Å². The van der Waals surface area contributed by atoms with E-state index in [1.807, 2.05) is 4.90 Å². The van der Waals surface area contributed by atoms with Crippen LogP contribution in [0.1, 0.15) is 70.5 Å². The van der Waals surface area contributed by atoms with Crippen molar-refractivity contribution in [3.63, 3.8) is 0 Å². The number of carbonyl (C=O) groups excluding carboxylic acids is 3. The van der Waals surface area contributed by atoms with E-state index in [2.05, 4.69) is 26.3 Å². The largest absolute Gasteiger partial charge is 0.444 e. The van der Waals surface area contributed by atoms with Crippen molar-refractivity contribution in [3.8, 4) is 0 Å². The Kier molecular flexibility index (Phi) is 10.8. The molecule has 2 saturated heterocycles. The second-order valence-corrected chi connectivity index (χ2v) is 15.0. The van der Waals surface area contributed by atoms with Crippen molar-refractivity contribution in [1.29, 1.82) is 0 Å². The van der Waals surface area contributed by atoms with Crippen LogP contribution in [-0.2, 0) is 9.47 Å². The number of alkyl carbamates (subject to hydrolysis) is 1. The number of fused-ring (bicyclic) bond motifs is 1. The minimum Gasteiger partial charge on any atom is -0.444 e. The first-order valence-electron chi connectivity index (χ1n) is 16.8. The number of nitrogens with zero attached hydrogens (tertiary/aromatic N) is 3. The number of anilines is 4. The molecule has 3 amide bonds. The second-order valence-electron chi connectivity index (χ2n) is 15.0. The van der Waals surface area contributed by atoms with Crippen molar-refractivity contribution in [2.75, 3.05) is 60.1 Å². The number of hydrogen-bond donors (Lipinski definition) is 4. The van der Waals surface area contributed by atoms with Gasteiger partial charge < -0.3 is 34.7 Å². The summed E-state index contributed by atoms with van der Waals surface area (Å²) in [6, 6.07) is 0.543. The van der Waals surface area contributed by atoms with Gasteiger partial charge in [0.05, 0.1) is 35.2 Å². The Hall–Kier alpha value is -4.54. The minimum absolute atomic E-state index is 0.0133. The summed E-state index contributed by atoms with van der Waals surface area (Å²) in [5, 5.41) is 11.0. The zero-order valence-corrected chi connectivity index (χ0v) is 29.5. The zero-order valence-electron chi connectivity index (χ0n) is 29.5. The number of rotatable bonds is 7. The molecule has 2 fully saturated rings. The number of pyridine rings is 1. The molecule has 0 unspecified atom stereocenters. The summed E-state index contributed by atoms with van der Waals surface area (Å²) in [6.45, 7) is 11.2. The van der Waals surface area contributed by atoms with Gasteiger partial charge in [0, 0.05) is 45.5 Å². The monoisotopic (exact) mass is 723 g/mol. The molecule has 2 aromatic rings. The molecule has 0 aromatic carbocycles. The number of nitrogens with one attached hydrogen (secondary N) is 4. The zero-order chi connectivity index (χ0) is 37.3. The van der Waals surface area contributed by atoms with Gasteiger partial charge in [0.15, 0.2) is 5.76 Å². The summed E-state index contributed by atoms with van der Waals surface area (Å²) < 4.78 is 72.9. The summed E-state index contributed by atoms with van der Waals surface area (Å²) in [4.78, 5) is 46.9. The van der Waals surface area contributed by atoms with Crippen LogP contribution in [0.3, 0.4) is 0 Å². The number of hydrogen-bond acceptors (Lipinski definition) is 10.